The van der Waals surface area contributed by atoms with E-state index in [9.17, 15) is 0 Å². The first kappa shape index (κ1) is 15.4. The van der Waals surface area contributed by atoms with Crippen LogP contribution in [0.1, 0.15) is 58.7 Å². The second-order valence-electron chi connectivity index (χ2n) is 6.48. The van der Waals surface area contributed by atoms with Gasteiger partial charge in [0.1, 0.15) is 5.60 Å². The Balaban J connectivity index is 2.22. The molecule has 1 fully saturated rings. The molecule has 0 amide bonds. The van der Waals surface area contributed by atoms with E-state index in [4.69, 9.17) is 9.26 Å². The minimum Gasteiger partial charge on any atom is -0.370 e. The standard InChI is InChI=1S/C15H27N3O2/c1-6-15(4,19-5)12-17-13(20-18-12)14(2,3)11-8-7-9-16-10-11/h11,16H,6-10H2,1-5H3. The average molecular weight is 281 g/mol. The van der Waals surface area contributed by atoms with Crippen LogP contribution in [0.15, 0.2) is 4.52 Å². The van der Waals surface area contributed by atoms with Gasteiger partial charge in [0.15, 0.2) is 0 Å². The number of aromatic nitrogens is 2. The summed E-state index contributed by atoms with van der Waals surface area (Å²) in [5, 5.41) is 7.62. The van der Waals surface area contributed by atoms with Crippen LogP contribution in [0.2, 0.25) is 0 Å². The third-order valence-corrected chi connectivity index (χ3v) is 4.89. The number of nitrogens with zero attached hydrogens (tertiary/aromatic N) is 2. The molecule has 1 aromatic heterocycles. The Hall–Kier alpha value is -0.940. The lowest BCUT2D eigenvalue weighted by molar-refractivity contribution is -0.0106. The van der Waals surface area contributed by atoms with Crippen LogP contribution in [-0.4, -0.2) is 30.3 Å². The maximum atomic E-state index is 5.56. The van der Waals surface area contributed by atoms with E-state index in [0.717, 1.165) is 25.4 Å². The van der Waals surface area contributed by atoms with Crippen LogP contribution in [-0.2, 0) is 15.8 Å². The zero-order valence-electron chi connectivity index (χ0n) is 13.3. The van der Waals surface area contributed by atoms with Crippen molar-refractivity contribution >= 4 is 0 Å². The summed E-state index contributed by atoms with van der Waals surface area (Å²) in [6, 6.07) is 0. The van der Waals surface area contributed by atoms with Crippen molar-refractivity contribution in [1.82, 2.24) is 15.5 Å². The molecule has 2 rings (SSSR count). The molecule has 2 heterocycles. The van der Waals surface area contributed by atoms with Gasteiger partial charge in [-0.1, -0.05) is 25.9 Å². The van der Waals surface area contributed by atoms with Crippen molar-refractivity contribution in [2.24, 2.45) is 5.92 Å². The van der Waals surface area contributed by atoms with Gasteiger partial charge in [-0.2, -0.15) is 4.98 Å². The third-order valence-electron chi connectivity index (χ3n) is 4.89. The molecule has 0 spiro atoms. The number of piperidine rings is 1. The molecule has 0 bridgehead atoms. The number of nitrogens with one attached hydrogen (secondary N) is 1. The second kappa shape index (κ2) is 5.82. The fourth-order valence-corrected chi connectivity index (χ4v) is 2.74. The van der Waals surface area contributed by atoms with Crippen LogP contribution in [0, 0.1) is 5.92 Å². The smallest absolute Gasteiger partial charge is 0.232 e. The van der Waals surface area contributed by atoms with Crippen LogP contribution in [0.25, 0.3) is 0 Å². The summed E-state index contributed by atoms with van der Waals surface area (Å²) in [6.45, 7) is 10.6. The summed E-state index contributed by atoms with van der Waals surface area (Å²) in [5.74, 6) is 1.90. The van der Waals surface area contributed by atoms with E-state index in [2.05, 4.69) is 36.2 Å². The average Bonchev–Trinajstić information content (AvgIpc) is 2.98. The summed E-state index contributed by atoms with van der Waals surface area (Å²) in [5.41, 5.74) is -0.580. The first-order valence-electron chi connectivity index (χ1n) is 7.54. The van der Waals surface area contributed by atoms with Crippen molar-refractivity contribution < 1.29 is 9.26 Å². The largest absolute Gasteiger partial charge is 0.370 e. The molecule has 1 saturated heterocycles. The van der Waals surface area contributed by atoms with E-state index in [0.29, 0.717) is 11.7 Å². The predicted molar refractivity (Wildman–Crippen MR) is 77.6 cm³/mol. The molecular weight excluding hydrogens is 254 g/mol. The zero-order valence-corrected chi connectivity index (χ0v) is 13.3. The molecule has 5 heteroatoms. The lowest BCUT2D eigenvalue weighted by Gasteiger charge is -2.34. The summed E-state index contributed by atoms with van der Waals surface area (Å²) in [4.78, 5) is 4.64. The Morgan fingerprint density at radius 3 is 2.70 bits per heavy atom. The van der Waals surface area contributed by atoms with Gasteiger partial charge in [0.05, 0.1) is 0 Å². The van der Waals surface area contributed by atoms with Gasteiger partial charge < -0.3 is 14.6 Å². The molecule has 20 heavy (non-hydrogen) atoms. The molecule has 1 aliphatic rings. The normalized spacial score (nSPS) is 23.6. The highest BCUT2D eigenvalue weighted by Gasteiger charge is 2.39. The fourth-order valence-electron chi connectivity index (χ4n) is 2.74. The lowest BCUT2D eigenvalue weighted by Crippen LogP contribution is -2.41. The number of hydrogen-bond donors (Lipinski definition) is 1. The second-order valence-corrected chi connectivity index (χ2v) is 6.48. The van der Waals surface area contributed by atoms with Crippen LogP contribution < -0.4 is 5.32 Å². The first-order valence-corrected chi connectivity index (χ1v) is 7.54. The van der Waals surface area contributed by atoms with Crippen molar-refractivity contribution in [2.75, 3.05) is 20.2 Å². The summed E-state index contributed by atoms with van der Waals surface area (Å²) in [6.07, 6.45) is 3.22. The van der Waals surface area contributed by atoms with Crippen molar-refractivity contribution in [2.45, 2.75) is 58.0 Å². The van der Waals surface area contributed by atoms with Gasteiger partial charge in [0.2, 0.25) is 11.7 Å². The van der Waals surface area contributed by atoms with E-state index >= 15 is 0 Å². The molecule has 1 aromatic rings. The van der Waals surface area contributed by atoms with Crippen LogP contribution in [0.3, 0.4) is 0 Å². The topological polar surface area (TPSA) is 60.2 Å². The molecule has 0 radical (unpaired) electrons. The Kier molecular flexibility index (Phi) is 4.49. The van der Waals surface area contributed by atoms with Gasteiger partial charge in [-0.15, -0.1) is 0 Å². The minimum absolute atomic E-state index is 0.110. The monoisotopic (exact) mass is 281 g/mol. The predicted octanol–water partition coefficient (Wildman–Crippen LogP) is 2.62. The molecule has 0 saturated carbocycles. The van der Waals surface area contributed by atoms with Gasteiger partial charge in [-0.25, -0.2) is 0 Å². The number of methoxy groups -OCH3 is 1. The fraction of sp³-hybridized carbons (Fsp3) is 0.867. The van der Waals surface area contributed by atoms with E-state index in [1.807, 2.05) is 6.92 Å². The quantitative estimate of drug-likeness (QED) is 0.899. The summed E-state index contributed by atoms with van der Waals surface area (Å²) in [7, 11) is 1.69. The third kappa shape index (κ3) is 2.74. The Labute approximate surface area is 121 Å². The molecule has 1 N–H and O–H groups in total. The zero-order chi connectivity index (χ0) is 14.8. The first-order chi connectivity index (χ1) is 9.44. The number of hydrogen-bond acceptors (Lipinski definition) is 5. The maximum Gasteiger partial charge on any atom is 0.232 e. The van der Waals surface area contributed by atoms with Crippen molar-refractivity contribution in [3.05, 3.63) is 11.7 Å². The van der Waals surface area contributed by atoms with Gasteiger partial charge in [-0.3, -0.25) is 0 Å². The lowest BCUT2D eigenvalue weighted by atomic mass is 9.75. The van der Waals surface area contributed by atoms with Crippen molar-refractivity contribution in [3.8, 4) is 0 Å². The van der Waals surface area contributed by atoms with E-state index in [1.165, 1.54) is 12.8 Å². The Morgan fingerprint density at radius 1 is 1.40 bits per heavy atom. The number of rotatable bonds is 5. The van der Waals surface area contributed by atoms with E-state index < -0.39 is 5.60 Å². The molecule has 2 atom stereocenters. The van der Waals surface area contributed by atoms with Gasteiger partial charge in [0, 0.05) is 12.5 Å². The molecule has 2 unspecified atom stereocenters. The van der Waals surface area contributed by atoms with Crippen molar-refractivity contribution in [1.29, 1.82) is 0 Å². The molecule has 1 aliphatic heterocycles. The number of ether oxygens (including phenoxy) is 1. The Morgan fingerprint density at radius 2 is 2.15 bits per heavy atom. The highest BCUT2D eigenvalue weighted by Crippen LogP contribution is 2.36. The molecule has 5 nitrogen and oxygen atoms in total. The summed E-state index contributed by atoms with van der Waals surface area (Å²) >= 11 is 0. The van der Waals surface area contributed by atoms with Crippen LogP contribution in [0.4, 0.5) is 0 Å². The van der Waals surface area contributed by atoms with Gasteiger partial charge >= 0.3 is 0 Å². The highest BCUT2D eigenvalue weighted by atomic mass is 16.5. The molecular formula is C15H27N3O2. The minimum atomic E-state index is -0.470. The SMILES string of the molecule is CCC(C)(OC)c1noc(C(C)(C)C2CCCNC2)n1. The maximum absolute atomic E-state index is 5.56. The highest BCUT2D eigenvalue weighted by molar-refractivity contribution is 5.08. The Bertz CT molecular complexity index is 432. The van der Waals surface area contributed by atoms with E-state index in [1.54, 1.807) is 7.11 Å². The van der Waals surface area contributed by atoms with Crippen LogP contribution in [0.5, 0.6) is 0 Å². The summed E-state index contributed by atoms with van der Waals surface area (Å²) < 4.78 is 11.1. The van der Waals surface area contributed by atoms with Gasteiger partial charge in [-0.05, 0) is 45.2 Å². The molecule has 0 aromatic carbocycles. The molecule has 0 aliphatic carbocycles. The van der Waals surface area contributed by atoms with Gasteiger partial charge in [0.25, 0.3) is 0 Å². The molecule has 114 valence electrons. The van der Waals surface area contributed by atoms with Crippen molar-refractivity contribution in [3.63, 3.8) is 0 Å². The van der Waals surface area contributed by atoms with E-state index in [-0.39, 0.29) is 5.41 Å². The van der Waals surface area contributed by atoms with Crippen LogP contribution >= 0.6 is 0 Å².